The lowest BCUT2D eigenvalue weighted by molar-refractivity contribution is 0.0695. The van der Waals surface area contributed by atoms with E-state index < -0.39 is 14.3 Å². The largest absolute Gasteiger partial charge is 0.445 e. The molecule has 0 unspecified atom stereocenters. The summed E-state index contributed by atoms with van der Waals surface area (Å²) in [7, 11) is -5.35. The Labute approximate surface area is 424 Å². The van der Waals surface area contributed by atoms with Gasteiger partial charge in [0, 0.05) is 93.0 Å². The zero-order chi connectivity index (χ0) is 49.9. The van der Waals surface area contributed by atoms with E-state index in [1.165, 1.54) is 12.8 Å². The highest BCUT2D eigenvalue weighted by Gasteiger charge is 2.31. The minimum absolute atomic E-state index is 0. The number of fused-ring (bicyclic) bond motifs is 2. The SMILES string of the molecule is C.C.[C-]#[N+]c1ccc2c(-c3nc(NC4CCC(C)CC4)ncc3C)c[nH]c2c1P(C)(C)=O.[C-]#[N+]c1ccc2c(-c3nc(N[C@H]4CC[C@H](C)N(C(=O)OCc5ccccc5)C4)ncc3C)c[nH]c2c1P(C)(C)=O. The zero-order valence-corrected chi connectivity index (χ0v) is 42.9. The Morgan fingerprint density at radius 1 is 0.708 bits per heavy atom. The average molecular weight is 1010 g/mol. The molecule has 7 aromatic rings. The van der Waals surface area contributed by atoms with Crippen LogP contribution < -0.4 is 21.2 Å². The van der Waals surface area contributed by atoms with Crippen LogP contribution in [0.15, 0.2) is 79.4 Å². The molecule has 9 rings (SSSR count). The van der Waals surface area contributed by atoms with Gasteiger partial charge in [-0.2, -0.15) is 0 Å². The van der Waals surface area contributed by atoms with Crippen molar-refractivity contribution < 1.29 is 18.7 Å². The molecule has 2 aliphatic rings. The van der Waals surface area contributed by atoms with E-state index in [1.807, 2.05) is 81.8 Å². The Hall–Kier alpha value is -6.79. The van der Waals surface area contributed by atoms with Crippen LogP contribution in [-0.4, -0.2) is 92.2 Å². The minimum Gasteiger partial charge on any atom is -0.445 e. The van der Waals surface area contributed by atoms with Gasteiger partial charge in [-0.25, -0.2) is 34.4 Å². The van der Waals surface area contributed by atoms with Gasteiger partial charge in [-0.15, -0.1) is 0 Å². The average Bonchev–Trinajstić information content (AvgIpc) is 3.97. The second-order valence-corrected chi connectivity index (χ2v) is 25.9. The van der Waals surface area contributed by atoms with Gasteiger partial charge in [-0.1, -0.05) is 76.4 Å². The predicted molar refractivity (Wildman–Crippen MR) is 297 cm³/mol. The number of hydrogen-bond donors (Lipinski definition) is 4. The van der Waals surface area contributed by atoms with E-state index in [2.05, 4.69) is 47.2 Å². The van der Waals surface area contributed by atoms with Crippen molar-refractivity contribution in [1.29, 1.82) is 0 Å². The Bertz CT molecular complexity index is 3250. The molecule has 72 heavy (non-hydrogen) atoms. The number of ether oxygens (including phenoxy) is 1. The fraction of sp³-hybridized carbons (Fsp3) is 0.400. The van der Waals surface area contributed by atoms with Crippen molar-refractivity contribution >= 4 is 76.1 Å². The maximum absolute atomic E-state index is 13.1. The Morgan fingerprint density at radius 3 is 1.65 bits per heavy atom. The molecule has 1 saturated carbocycles. The number of benzene rings is 3. The molecule has 1 aliphatic heterocycles. The van der Waals surface area contributed by atoms with Gasteiger partial charge in [-0.05, 0) is 109 Å². The summed E-state index contributed by atoms with van der Waals surface area (Å²) < 4.78 is 31.6. The van der Waals surface area contributed by atoms with Gasteiger partial charge in [0.05, 0.1) is 24.5 Å². The van der Waals surface area contributed by atoms with Gasteiger partial charge in [0.2, 0.25) is 11.9 Å². The van der Waals surface area contributed by atoms with E-state index in [9.17, 15) is 13.9 Å². The number of hydrogen-bond acceptors (Lipinski definition) is 10. The number of aromatic amines is 2. The molecule has 1 aliphatic carbocycles. The summed E-state index contributed by atoms with van der Waals surface area (Å²) in [6.45, 7) is 30.8. The van der Waals surface area contributed by atoms with Crippen LogP contribution >= 0.6 is 14.3 Å². The number of carbonyl (C=O) groups is 1. The highest BCUT2D eigenvalue weighted by molar-refractivity contribution is 7.71. The van der Waals surface area contributed by atoms with Gasteiger partial charge in [0.15, 0.2) is 11.4 Å². The van der Waals surface area contributed by atoms with Crippen LogP contribution in [0.3, 0.4) is 0 Å². The summed E-state index contributed by atoms with van der Waals surface area (Å²) in [6.07, 6.45) is 13.5. The van der Waals surface area contributed by atoms with Crippen molar-refractivity contribution in [3.63, 3.8) is 0 Å². The van der Waals surface area contributed by atoms with Gasteiger partial charge in [0.25, 0.3) is 0 Å². The monoisotopic (exact) mass is 1010 g/mol. The highest BCUT2D eigenvalue weighted by Crippen LogP contribution is 2.45. The number of nitrogens with zero attached hydrogens (tertiary/aromatic N) is 7. The van der Waals surface area contributed by atoms with Crippen LogP contribution in [0, 0.1) is 32.9 Å². The van der Waals surface area contributed by atoms with Gasteiger partial charge in [-0.3, -0.25) is 0 Å². The number of aryl methyl sites for hydroxylation is 2. The number of nitrogens with one attached hydrogen (secondary N) is 4. The molecule has 5 heterocycles. The normalized spacial score (nSPS) is 17.8. The van der Waals surface area contributed by atoms with E-state index in [4.69, 9.17) is 27.8 Å². The quantitative estimate of drug-likeness (QED) is 0.0761. The first-order chi connectivity index (χ1) is 33.4. The second-order valence-electron chi connectivity index (χ2n) is 19.6. The molecule has 2 atom stereocenters. The zero-order valence-electron chi connectivity index (χ0n) is 41.1. The molecule has 1 amide bonds. The van der Waals surface area contributed by atoms with Crippen LogP contribution in [0.4, 0.5) is 28.1 Å². The lowest BCUT2D eigenvalue weighted by Gasteiger charge is -2.37. The minimum atomic E-state index is -2.72. The summed E-state index contributed by atoms with van der Waals surface area (Å²) in [6, 6.07) is 17.4. The van der Waals surface area contributed by atoms with E-state index >= 15 is 0 Å². The first kappa shape index (κ1) is 54.5. The van der Waals surface area contributed by atoms with E-state index in [0.29, 0.717) is 52.0 Å². The third-order valence-electron chi connectivity index (χ3n) is 13.4. The van der Waals surface area contributed by atoms with E-state index in [-0.39, 0.29) is 39.6 Å². The smallest absolute Gasteiger partial charge is 0.410 e. The number of H-pyrrole nitrogens is 2. The van der Waals surface area contributed by atoms with Crippen molar-refractivity contribution in [3.8, 4) is 22.5 Å². The molecule has 0 spiro atoms. The van der Waals surface area contributed by atoms with Crippen LogP contribution in [0.2, 0.25) is 0 Å². The molecule has 15 nitrogen and oxygen atoms in total. The first-order valence-corrected chi connectivity index (χ1v) is 29.0. The Kier molecular flexibility index (Phi) is 17.2. The maximum atomic E-state index is 13.1. The number of anilines is 2. The number of carbonyl (C=O) groups excluding carboxylic acids is 1. The van der Waals surface area contributed by atoms with Gasteiger partial charge in [0.1, 0.15) is 20.9 Å². The fourth-order valence-corrected chi connectivity index (χ4v) is 12.4. The van der Waals surface area contributed by atoms with Crippen LogP contribution in [0.1, 0.15) is 83.9 Å². The van der Waals surface area contributed by atoms with Gasteiger partial charge >= 0.3 is 6.09 Å². The molecule has 0 bridgehead atoms. The fourth-order valence-electron chi connectivity index (χ4n) is 9.63. The van der Waals surface area contributed by atoms with E-state index in [1.54, 1.807) is 49.9 Å². The van der Waals surface area contributed by atoms with Crippen LogP contribution in [0.25, 0.3) is 54.0 Å². The summed E-state index contributed by atoms with van der Waals surface area (Å²) in [5.41, 5.74) is 8.52. The number of likely N-dealkylation sites (tertiary alicyclic amines) is 1. The summed E-state index contributed by atoms with van der Waals surface area (Å²) in [5.74, 6) is 1.92. The topological polar surface area (TPSA) is 180 Å². The van der Waals surface area contributed by atoms with Crippen molar-refractivity contribution in [3.05, 3.63) is 119 Å². The predicted octanol–water partition coefficient (Wildman–Crippen LogP) is 13.3. The summed E-state index contributed by atoms with van der Waals surface area (Å²) in [5, 5.41) is 9.91. The van der Waals surface area contributed by atoms with Crippen molar-refractivity contribution in [1.82, 2.24) is 34.8 Å². The van der Waals surface area contributed by atoms with Crippen molar-refractivity contribution in [2.45, 2.75) is 106 Å². The maximum Gasteiger partial charge on any atom is 0.410 e. The number of rotatable bonds is 10. The molecule has 0 radical (unpaired) electrons. The standard InChI is InChI=1S/C30H33N6O3P.C23H28N5OP.2CH4/c1-19-15-33-29(34-22-12-11-20(2)36(17-22)30(37)39-18-21-9-7-6-8-10-21)35-26(19)24-16-32-27-23(24)13-14-25(31-3)28(27)40(4,5)38;1-14-6-8-16(9-7-14)27-23-26-12-15(2)20(28-23)18-13-25-21-17(18)10-11-19(24-3)22(21)30(4,5)29;;/h6-10,13-16,20,22,32H,11-12,17-18H2,1-2,4-5H3,(H,33,34,35);10-14,16,25H,6-9H2,1-2,4-5H3,(H,26,27,28);2*1H4/t20-,22-;;;/m0.../s1. The molecular weight excluding hydrogens is 941 g/mol. The Balaban J connectivity index is 0.000000238. The third kappa shape index (κ3) is 11.9. The number of piperidine rings is 1. The number of aromatic nitrogens is 6. The van der Waals surface area contributed by atoms with Crippen molar-refractivity contribution in [2.75, 3.05) is 43.8 Å². The molecule has 4 N–H and O–H groups in total. The highest BCUT2D eigenvalue weighted by atomic mass is 31.2. The van der Waals surface area contributed by atoms with Crippen molar-refractivity contribution in [2.24, 2.45) is 5.92 Å². The third-order valence-corrected chi connectivity index (χ3v) is 16.5. The van der Waals surface area contributed by atoms with Gasteiger partial charge < -0.3 is 39.4 Å². The summed E-state index contributed by atoms with van der Waals surface area (Å²) >= 11 is 0. The molecule has 2 fully saturated rings. The lowest BCUT2D eigenvalue weighted by Crippen LogP contribution is -2.50. The molecule has 378 valence electrons. The Morgan fingerprint density at radius 2 is 1.18 bits per heavy atom. The lowest BCUT2D eigenvalue weighted by atomic mass is 9.87. The molecule has 3 aromatic carbocycles. The molecule has 1 saturated heterocycles. The molecule has 17 heteroatoms. The first-order valence-electron chi connectivity index (χ1n) is 23.8. The van der Waals surface area contributed by atoms with Crippen LogP contribution in [-0.2, 0) is 20.5 Å². The molecular formula is C55H69N11O4P2. The second kappa shape index (κ2) is 22.7. The summed E-state index contributed by atoms with van der Waals surface area (Å²) in [4.78, 5) is 47.1. The molecule has 4 aromatic heterocycles. The van der Waals surface area contributed by atoms with Crippen LogP contribution in [0.5, 0.6) is 0 Å². The van der Waals surface area contributed by atoms with E-state index in [0.717, 1.165) is 87.1 Å². The number of amides is 1.